The Kier molecular flexibility index (Phi) is 6.21. The highest BCUT2D eigenvalue weighted by Crippen LogP contribution is 1.88. The van der Waals surface area contributed by atoms with Crippen LogP contribution in [0.2, 0.25) is 0 Å². The third kappa shape index (κ3) is 7.17. The van der Waals surface area contributed by atoms with Crippen molar-refractivity contribution in [2.45, 2.75) is 6.54 Å². The van der Waals surface area contributed by atoms with E-state index in [1.54, 1.807) is 6.20 Å². The summed E-state index contributed by atoms with van der Waals surface area (Å²) in [5.74, 6) is 0. The molecule has 0 radical (unpaired) electrons. The van der Waals surface area contributed by atoms with Crippen LogP contribution in [-0.2, 0) is 6.54 Å². The van der Waals surface area contributed by atoms with E-state index in [1.165, 1.54) is 0 Å². The molecule has 1 aromatic rings. The van der Waals surface area contributed by atoms with Crippen LogP contribution in [0, 0.1) is 0 Å². The van der Waals surface area contributed by atoms with Crippen molar-refractivity contribution in [2.75, 3.05) is 0 Å². The van der Waals surface area contributed by atoms with E-state index in [1.807, 2.05) is 18.2 Å². The number of nitrogens with two attached hydrogens (primary N) is 1. The molecule has 0 fully saturated rings. The van der Waals surface area contributed by atoms with Crippen molar-refractivity contribution in [1.29, 1.82) is 0 Å². The van der Waals surface area contributed by atoms with Gasteiger partial charge in [0.25, 0.3) is 0 Å². The van der Waals surface area contributed by atoms with Crippen molar-refractivity contribution < 1.29 is 15.1 Å². The lowest BCUT2D eigenvalue weighted by Crippen LogP contribution is -2.07. The van der Waals surface area contributed by atoms with Gasteiger partial charge in [0.1, 0.15) is 0 Å². The highest BCUT2D eigenvalue weighted by Gasteiger charge is 1.92. The molecule has 0 saturated carbocycles. The van der Waals surface area contributed by atoms with Crippen LogP contribution in [0.1, 0.15) is 5.69 Å². The molecule has 0 unspecified atom stereocenters. The molecule has 0 aliphatic rings. The van der Waals surface area contributed by atoms with Gasteiger partial charge in [-0.2, -0.15) is 0 Å². The minimum atomic E-state index is -2.17. The monoisotopic (exact) mass is 170 g/mol. The van der Waals surface area contributed by atoms with Crippen LogP contribution in [0.5, 0.6) is 0 Å². The van der Waals surface area contributed by atoms with Gasteiger partial charge in [0.2, 0.25) is 0 Å². The molecule has 1 rings (SSSR count). The molecular formula is C6H11BN2O3. The predicted octanol–water partition coefficient (Wildman–Crippen LogP) is -1.51. The second kappa shape index (κ2) is 6.75. The summed E-state index contributed by atoms with van der Waals surface area (Å²) in [6.07, 6.45) is 1.74. The first-order chi connectivity index (χ1) is 5.66. The van der Waals surface area contributed by atoms with Gasteiger partial charge >= 0.3 is 7.32 Å². The van der Waals surface area contributed by atoms with Crippen LogP contribution in [0.3, 0.4) is 0 Å². The molecule has 5 nitrogen and oxygen atoms in total. The number of pyridine rings is 1. The van der Waals surface area contributed by atoms with E-state index in [0.29, 0.717) is 6.54 Å². The van der Waals surface area contributed by atoms with Crippen LogP contribution in [0.4, 0.5) is 0 Å². The summed E-state index contributed by atoms with van der Waals surface area (Å²) in [5.41, 5.74) is 6.22. The van der Waals surface area contributed by atoms with E-state index in [9.17, 15) is 0 Å². The Morgan fingerprint density at radius 2 is 1.92 bits per heavy atom. The van der Waals surface area contributed by atoms with Crippen LogP contribution in [-0.4, -0.2) is 27.4 Å². The second-order valence-corrected chi connectivity index (χ2v) is 1.87. The molecule has 0 aromatic carbocycles. The van der Waals surface area contributed by atoms with Gasteiger partial charge in [0.05, 0.1) is 5.69 Å². The maximum absolute atomic E-state index is 7.17. The number of hydrogen-bond acceptors (Lipinski definition) is 5. The fourth-order valence-electron chi connectivity index (χ4n) is 0.519. The highest BCUT2D eigenvalue weighted by molar-refractivity contribution is 6.30. The quantitative estimate of drug-likeness (QED) is 0.384. The summed E-state index contributed by atoms with van der Waals surface area (Å²) in [6.45, 7) is 0.529. The molecule has 0 aliphatic heterocycles. The van der Waals surface area contributed by atoms with E-state index in [4.69, 9.17) is 20.8 Å². The van der Waals surface area contributed by atoms with Gasteiger partial charge in [-0.1, -0.05) is 6.07 Å². The van der Waals surface area contributed by atoms with E-state index in [2.05, 4.69) is 4.98 Å². The summed E-state index contributed by atoms with van der Waals surface area (Å²) in [5, 5.41) is 21.5. The second-order valence-electron chi connectivity index (χ2n) is 1.87. The molecule has 0 bridgehead atoms. The molecule has 6 heteroatoms. The standard InChI is InChI=1S/C6H8N2.BH3O3/c7-5-6-3-1-2-4-8-6;2-1(3)4/h1-4H,5,7H2;2-4H. The predicted molar refractivity (Wildman–Crippen MR) is 44.5 cm³/mol. The van der Waals surface area contributed by atoms with Gasteiger partial charge in [0.15, 0.2) is 0 Å². The van der Waals surface area contributed by atoms with Crippen molar-refractivity contribution in [3.8, 4) is 0 Å². The molecule has 1 heterocycles. The van der Waals surface area contributed by atoms with Crippen LogP contribution >= 0.6 is 0 Å². The first-order valence-electron chi connectivity index (χ1n) is 3.31. The largest absolute Gasteiger partial charge is 0.631 e. The van der Waals surface area contributed by atoms with E-state index in [-0.39, 0.29) is 0 Å². The number of hydrogen-bond donors (Lipinski definition) is 4. The van der Waals surface area contributed by atoms with E-state index >= 15 is 0 Å². The Balaban J connectivity index is 0.000000261. The smallest absolute Gasteiger partial charge is 0.402 e. The fourth-order valence-corrected chi connectivity index (χ4v) is 0.519. The molecule has 12 heavy (non-hydrogen) atoms. The topological polar surface area (TPSA) is 99.6 Å². The minimum Gasteiger partial charge on any atom is -0.402 e. The maximum atomic E-state index is 7.17. The molecule has 0 atom stereocenters. The maximum Gasteiger partial charge on any atom is 0.631 e. The van der Waals surface area contributed by atoms with Crippen molar-refractivity contribution in [3.05, 3.63) is 30.1 Å². The Morgan fingerprint density at radius 3 is 2.17 bits per heavy atom. The van der Waals surface area contributed by atoms with Gasteiger partial charge in [-0.05, 0) is 12.1 Å². The van der Waals surface area contributed by atoms with Gasteiger partial charge < -0.3 is 20.8 Å². The number of nitrogens with zero attached hydrogens (tertiary/aromatic N) is 1. The van der Waals surface area contributed by atoms with Crippen molar-refractivity contribution >= 4 is 7.32 Å². The zero-order chi connectivity index (χ0) is 9.40. The molecule has 5 N–H and O–H groups in total. The number of rotatable bonds is 1. The molecule has 0 amide bonds. The van der Waals surface area contributed by atoms with Gasteiger partial charge in [-0.15, -0.1) is 0 Å². The zero-order valence-electron chi connectivity index (χ0n) is 6.46. The number of aromatic nitrogens is 1. The average molecular weight is 170 g/mol. The van der Waals surface area contributed by atoms with Crippen LogP contribution in [0.25, 0.3) is 0 Å². The summed E-state index contributed by atoms with van der Waals surface area (Å²) in [6, 6.07) is 5.70. The lowest BCUT2D eigenvalue weighted by atomic mass is 10.3. The van der Waals surface area contributed by atoms with Crippen LogP contribution in [0.15, 0.2) is 24.4 Å². The van der Waals surface area contributed by atoms with Gasteiger partial charge in [0, 0.05) is 12.7 Å². The van der Waals surface area contributed by atoms with E-state index < -0.39 is 7.32 Å². The van der Waals surface area contributed by atoms with Crippen molar-refractivity contribution in [3.63, 3.8) is 0 Å². The summed E-state index contributed by atoms with van der Waals surface area (Å²) in [4.78, 5) is 3.97. The first-order valence-corrected chi connectivity index (χ1v) is 3.31. The van der Waals surface area contributed by atoms with Gasteiger partial charge in [-0.25, -0.2) is 0 Å². The van der Waals surface area contributed by atoms with Crippen molar-refractivity contribution in [2.24, 2.45) is 5.73 Å². The first kappa shape index (κ1) is 11.1. The third-order valence-electron chi connectivity index (χ3n) is 0.935. The molecule has 66 valence electrons. The zero-order valence-corrected chi connectivity index (χ0v) is 6.46. The average Bonchev–Trinajstić information content (AvgIpc) is 2.05. The molecular weight excluding hydrogens is 159 g/mol. The van der Waals surface area contributed by atoms with E-state index in [0.717, 1.165) is 5.69 Å². The summed E-state index contributed by atoms with van der Waals surface area (Å²) in [7, 11) is -2.17. The Labute approximate surface area is 70.7 Å². The molecule has 0 aliphatic carbocycles. The summed E-state index contributed by atoms with van der Waals surface area (Å²) < 4.78 is 0. The van der Waals surface area contributed by atoms with Gasteiger partial charge in [-0.3, -0.25) is 4.98 Å². The third-order valence-corrected chi connectivity index (χ3v) is 0.935. The summed E-state index contributed by atoms with van der Waals surface area (Å²) >= 11 is 0. The molecule has 0 spiro atoms. The molecule has 0 saturated heterocycles. The minimum absolute atomic E-state index is 0.529. The SMILES string of the molecule is NCc1ccccn1.OB(O)O. The van der Waals surface area contributed by atoms with Crippen molar-refractivity contribution in [1.82, 2.24) is 4.98 Å². The lowest BCUT2D eigenvalue weighted by molar-refractivity contribution is 0.278. The Hall–Kier alpha value is -0.945. The van der Waals surface area contributed by atoms with Crippen LogP contribution < -0.4 is 5.73 Å². The Bertz CT molecular complexity index is 192. The lowest BCUT2D eigenvalue weighted by Gasteiger charge is -1.89. The normalized spacial score (nSPS) is 8.33. The Morgan fingerprint density at radius 1 is 1.33 bits per heavy atom. The highest BCUT2D eigenvalue weighted by atomic mass is 16.5. The molecule has 1 aromatic heterocycles. The fraction of sp³-hybridized carbons (Fsp3) is 0.167.